The van der Waals surface area contributed by atoms with Gasteiger partial charge >= 0.3 is 6.15 Å². The van der Waals surface area contributed by atoms with Gasteiger partial charge < -0.3 is 4.74 Å². The molecule has 0 atom stereocenters. The number of halogens is 20. The van der Waals surface area contributed by atoms with Crippen LogP contribution in [0.5, 0.6) is 5.75 Å². The Hall–Kier alpha value is -6.65. The topological polar surface area (TPSA) is 9.23 Å². The molecule has 0 saturated carbocycles. The van der Waals surface area contributed by atoms with Crippen molar-refractivity contribution in [3.8, 4) is 5.75 Å². The standard InChI is InChI=1S/C28H8BF20.C22H23OS/c30-13-5-1-9(17(34)21(13)38)25(42,43)29(26(44,45)10-2-6-14(31)22(39)18(10)35,27(46,47)11-3-7-15(32)23(40)19(11)36)28(48,49)12-4-8-16(33)24(41)20(12)37;1-2-3-18-23-19-14-16-22(17-15-19)24(20-10-6-4-7-11-20)21-12-8-5-9-13-21/h1-8H;4-17H,2-3,18H2,1H3/q-1;+1. The van der Waals surface area contributed by atoms with Crippen LogP contribution in [0.25, 0.3) is 0 Å². The number of hydrogen-bond donors (Lipinski definition) is 0. The van der Waals surface area contributed by atoms with Crippen LogP contribution in [0, 0.1) is 69.8 Å². The quantitative estimate of drug-likeness (QED) is 0.0327. The summed E-state index contributed by atoms with van der Waals surface area (Å²) in [5.41, 5.74) is -13.8. The molecular weight excluding hydrogens is 1040 g/mol. The maximum atomic E-state index is 16.7. The maximum absolute atomic E-state index is 16.7. The van der Waals surface area contributed by atoms with Crippen molar-refractivity contribution in [1.82, 2.24) is 0 Å². The molecular formula is C50H31BF20OS. The first-order chi connectivity index (χ1) is 34.2. The van der Waals surface area contributed by atoms with E-state index in [4.69, 9.17) is 4.74 Å². The average molecular weight is 1070 g/mol. The minimum absolute atomic E-state index is 0.0858. The molecule has 386 valence electrons. The van der Waals surface area contributed by atoms with Crippen LogP contribution in [-0.2, 0) is 34.2 Å². The molecule has 0 aliphatic carbocycles. The van der Waals surface area contributed by atoms with Crippen molar-refractivity contribution in [2.45, 2.75) is 57.7 Å². The van der Waals surface area contributed by atoms with E-state index in [2.05, 4.69) is 91.9 Å². The van der Waals surface area contributed by atoms with E-state index in [9.17, 15) is 52.7 Å². The normalized spacial score (nSPS) is 12.5. The zero-order chi connectivity index (χ0) is 54.0. The van der Waals surface area contributed by atoms with E-state index in [1.165, 1.54) is 14.7 Å². The third-order valence-corrected chi connectivity index (χ3v) is 13.8. The predicted molar refractivity (Wildman–Crippen MR) is 228 cm³/mol. The van der Waals surface area contributed by atoms with Gasteiger partial charge in [-0.2, -0.15) is 0 Å². The monoisotopic (exact) mass is 1070 g/mol. The molecule has 23 heteroatoms. The van der Waals surface area contributed by atoms with Gasteiger partial charge in [-0.25, -0.2) is 87.8 Å². The lowest BCUT2D eigenvalue weighted by Crippen LogP contribution is -2.79. The fraction of sp³-hybridized carbons (Fsp3) is 0.160. The second-order valence-electron chi connectivity index (χ2n) is 15.9. The van der Waals surface area contributed by atoms with Gasteiger partial charge in [0.25, 0.3) is 0 Å². The third-order valence-electron chi connectivity index (χ3n) is 11.5. The number of benzene rings is 7. The molecule has 7 aromatic carbocycles. The Morgan fingerprint density at radius 3 is 0.904 bits per heavy atom. The summed E-state index contributed by atoms with van der Waals surface area (Å²) < 4.78 is 310. The van der Waals surface area contributed by atoms with Gasteiger partial charge in [0.15, 0.2) is 108 Å². The number of alkyl halides is 8. The van der Waals surface area contributed by atoms with Gasteiger partial charge in [0.05, 0.1) is 17.5 Å². The van der Waals surface area contributed by atoms with Gasteiger partial charge in [0, 0.05) is 22.3 Å². The fourth-order valence-electron chi connectivity index (χ4n) is 7.96. The smallest absolute Gasteiger partial charge is 0.328 e. The Balaban J connectivity index is 0.000000301. The van der Waals surface area contributed by atoms with E-state index in [-0.39, 0.29) is 10.9 Å². The highest BCUT2D eigenvalue weighted by Crippen LogP contribution is 2.68. The molecule has 0 aliphatic heterocycles. The summed E-state index contributed by atoms with van der Waals surface area (Å²) in [5.74, 6) is -65.8. The molecule has 0 fully saturated rings. The summed E-state index contributed by atoms with van der Waals surface area (Å²) in [6.07, 6.45) is -6.74. The molecule has 0 aliphatic rings. The predicted octanol–water partition coefficient (Wildman–Crippen LogP) is 16.4. The molecule has 0 spiro atoms. The third kappa shape index (κ3) is 9.71. The second-order valence-corrected chi connectivity index (χ2v) is 17.9. The van der Waals surface area contributed by atoms with E-state index < -0.39 is 170 Å². The van der Waals surface area contributed by atoms with Gasteiger partial charge in [-0.05, 0) is 79.2 Å². The summed E-state index contributed by atoms with van der Waals surface area (Å²) in [6.45, 7) is 2.97. The molecule has 0 radical (unpaired) electrons. The Morgan fingerprint density at radius 1 is 0.356 bits per heavy atom. The van der Waals surface area contributed by atoms with Gasteiger partial charge in [-0.15, -0.1) is 0 Å². The van der Waals surface area contributed by atoms with E-state index in [0.717, 1.165) is 25.2 Å². The van der Waals surface area contributed by atoms with E-state index in [0.29, 0.717) is 0 Å². The molecule has 7 aromatic rings. The molecule has 0 N–H and O–H groups in total. The Kier molecular flexibility index (Phi) is 16.3. The van der Waals surface area contributed by atoms with Crippen LogP contribution in [0.15, 0.2) is 148 Å². The molecule has 0 amide bonds. The van der Waals surface area contributed by atoms with Crippen LogP contribution in [0.3, 0.4) is 0 Å². The number of hydrogen-bond acceptors (Lipinski definition) is 1. The first kappa shape index (κ1) is 55.7. The van der Waals surface area contributed by atoms with Crippen molar-refractivity contribution in [2.75, 3.05) is 6.61 Å². The van der Waals surface area contributed by atoms with Gasteiger partial charge in [0.1, 0.15) is 5.75 Å². The first-order valence-corrected chi connectivity index (χ1v) is 22.3. The molecule has 1 nitrogen and oxygen atoms in total. The summed E-state index contributed by atoms with van der Waals surface area (Å²) in [5, 5.41) is 0. The zero-order valence-electron chi connectivity index (χ0n) is 36.8. The highest BCUT2D eigenvalue weighted by Gasteiger charge is 2.86. The summed E-state index contributed by atoms with van der Waals surface area (Å²) in [6, 6.07) is 23.6. The van der Waals surface area contributed by atoms with Crippen LogP contribution in [0.4, 0.5) is 87.8 Å². The van der Waals surface area contributed by atoms with Crippen LogP contribution in [-0.4, -0.2) is 12.8 Å². The van der Waals surface area contributed by atoms with Crippen LogP contribution in [0.2, 0.25) is 0 Å². The average Bonchev–Trinajstić information content (AvgIpc) is 3.34. The van der Waals surface area contributed by atoms with Gasteiger partial charge in [-0.1, -0.05) is 74.0 Å². The summed E-state index contributed by atoms with van der Waals surface area (Å²) in [7, 11) is -0.0858. The SMILES string of the molecule is CCCCOc1ccc([S+](c2ccccc2)c2ccccc2)cc1.Fc1ccc(C(F)(F)[B-](C(F)(F)c2ccc(F)c(F)c2F)(C(F)(F)c2ccc(F)c(F)c2F)C(F)(F)c2ccc(F)c(F)c2F)c(F)c1F. The zero-order valence-corrected chi connectivity index (χ0v) is 37.6. The minimum Gasteiger partial charge on any atom is -0.494 e. The van der Waals surface area contributed by atoms with Crippen molar-refractivity contribution in [1.29, 1.82) is 0 Å². The maximum Gasteiger partial charge on any atom is 0.328 e. The van der Waals surface area contributed by atoms with E-state index in [1.807, 2.05) is 0 Å². The molecule has 0 aromatic heterocycles. The van der Waals surface area contributed by atoms with Crippen LogP contribution in [0.1, 0.15) is 42.0 Å². The Bertz CT molecular complexity index is 2760. The van der Waals surface area contributed by atoms with Crippen molar-refractivity contribution < 1.29 is 92.5 Å². The highest BCUT2D eigenvalue weighted by molar-refractivity contribution is 7.97. The van der Waals surface area contributed by atoms with Crippen molar-refractivity contribution in [3.63, 3.8) is 0 Å². The first-order valence-electron chi connectivity index (χ1n) is 21.0. The summed E-state index contributed by atoms with van der Waals surface area (Å²) >= 11 is 0. The van der Waals surface area contributed by atoms with Crippen LogP contribution >= 0.6 is 0 Å². The molecule has 73 heavy (non-hydrogen) atoms. The lowest BCUT2D eigenvalue weighted by Gasteiger charge is -2.58. The Morgan fingerprint density at radius 2 is 0.630 bits per heavy atom. The molecule has 7 rings (SSSR count). The molecule has 0 heterocycles. The van der Waals surface area contributed by atoms with E-state index in [1.54, 1.807) is 0 Å². The number of unbranched alkanes of at least 4 members (excludes halogenated alkanes) is 1. The second kappa shape index (κ2) is 21.4. The fourth-order valence-corrected chi connectivity index (χ4v) is 10.0. The van der Waals surface area contributed by atoms with Crippen molar-refractivity contribution >= 4 is 17.0 Å². The minimum atomic E-state index is -9.00. The van der Waals surface area contributed by atoms with Crippen molar-refractivity contribution in [2.24, 2.45) is 0 Å². The summed E-state index contributed by atoms with van der Waals surface area (Å²) in [4.78, 5) is 3.99. The largest absolute Gasteiger partial charge is 0.494 e. The van der Waals surface area contributed by atoms with Gasteiger partial charge in [0.2, 0.25) is 0 Å². The number of rotatable bonds is 15. The van der Waals surface area contributed by atoms with Gasteiger partial charge in [-0.3, -0.25) is 0 Å². The van der Waals surface area contributed by atoms with Crippen molar-refractivity contribution in [3.05, 3.63) is 226 Å². The molecule has 0 saturated heterocycles. The van der Waals surface area contributed by atoms with Crippen LogP contribution < -0.4 is 4.74 Å². The lowest BCUT2D eigenvalue weighted by molar-refractivity contribution is -0.0917. The molecule has 0 bridgehead atoms. The number of ether oxygens (including phenoxy) is 1. The van der Waals surface area contributed by atoms with E-state index >= 15 is 35.1 Å². The molecule has 0 unspecified atom stereocenters. The Labute approximate surface area is 404 Å². The highest BCUT2D eigenvalue weighted by atomic mass is 32.2. The lowest BCUT2D eigenvalue weighted by atomic mass is 9.08.